The number of carbonyl (C=O) groups excluding carboxylic acids is 1. The average Bonchev–Trinajstić information content (AvgIpc) is 2.94. The molecule has 2 fully saturated rings. The fraction of sp³-hybridized carbons (Fsp3) is 0.684. The number of hydrogen-bond donors (Lipinski definition) is 2. The largest absolute Gasteiger partial charge is 0.480 e. The van der Waals surface area contributed by atoms with Crippen LogP contribution < -0.4 is 5.32 Å². The third-order valence-electron chi connectivity index (χ3n) is 6.10. The molecule has 1 aliphatic heterocycles. The molecule has 1 saturated heterocycles. The minimum Gasteiger partial charge on any atom is -0.480 e. The molecule has 1 aromatic heterocycles. The molecular formula is C19H25F3N4O3. The molecule has 1 aromatic rings. The maximum absolute atomic E-state index is 13.3. The molecule has 2 heterocycles. The molecular weight excluding hydrogens is 389 g/mol. The number of aliphatic carboxylic acids is 1. The number of fused-ring (bicyclic) bond motifs is 1. The molecule has 0 unspecified atom stereocenters. The van der Waals surface area contributed by atoms with Gasteiger partial charge < -0.3 is 15.3 Å². The van der Waals surface area contributed by atoms with E-state index in [-0.39, 0.29) is 23.1 Å². The molecule has 2 N–H and O–H groups in total. The predicted octanol–water partition coefficient (Wildman–Crippen LogP) is 2.89. The smallest absolute Gasteiger partial charge is 0.435 e. The van der Waals surface area contributed by atoms with Gasteiger partial charge in [0.2, 0.25) is 5.91 Å². The number of hydrogen-bond acceptors (Lipinski definition) is 5. The lowest BCUT2D eigenvalue weighted by molar-refractivity contribution is -0.151. The van der Waals surface area contributed by atoms with Crippen molar-refractivity contribution in [3.63, 3.8) is 0 Å². The summed E-state index contributed by atoms with van der Waals surface area (Å²) in [4.78, 5) is 26.5. The molecule has 1 saturated carbocycles. The average molecular weight is 414 g/mol. The number of amides is 1. The summed E-state index contributed by atoms with van der Waals surface area (Å²) in [7, 11) is 0. The summed E-state index contributed by atoms with van der Waals surface area (Å²) < 4.78 is 38.1. The van der Waals surface area contributed by atoms with Crippen LogP contribution in [0, 0.1) is 22.7 Å². The number of nitrogens with one attached hydrogen (secondary N) is 1. The van der Waals surface area contributed by atoms with Crippen molar-refractivity contribution in [2.75, 3.05) is 11.9 Å². The van der Waals surface area contributed by atoms with Gasteiger partial charge in [0.1, 0.15) is 17.9 Å². The van der Waals surface area contributed by atoms with E-state index in [9.17, 15) is 27.9 Å². The number of piperidine rings is 1. The summed E-state index contributed by atoms with van der Waals surface area (Å²) in [5, 5.41) is 19.3. The van der Waals surface area contributed by atoms with E-state index in [1.165, 1.54) is 4.90 Å². The molecule has 0 aromatic carbocycles. The highest BCUT2D eigenvalue weighted by atomic mass is 19.4. The Bertz CT molecular complexity index is 817. The molecule has 160 valence electrons. The number of carboxylic acids is 1. The van der Waals surface area contributed by atoms with Crippen molar-refractivity contribution in [3.05, 3.63) is 17.8 Å². The van der Waals surface area contributed by atoms with Crippen LogP contribution in [0.5, 0.6) is 0 Å². The van der Waals surface area contributed by atoms with Gasteiger partial charge in [-0.25, -0.2) is 4.79 Å². The van der Waals surface area contributed by atoms with Crippen LogP contribution in [-0.4, -0.2) is 50.7 Å². The summed E-state index contributed by atoms with van der Waals surface area (Å²) in [5.41, 5.74) is -1.90. The maximum Gasteiger partial charge on any atom is 0.435 e. The lowest BCUT2D eigenvalue weighted by atomic mass is 9.85. The standard InChI is InChI=1S/C19H25F3N4O3/c1-17(2,3)14(23-11-7-6-10(24-25-11)19(20,21)22)15(27)26-8-9-12(18(9,4)5)13(26)16(28)29/h6-7,9,12-14H,8H2,1-5H3,(H,23,25)(H,28,29)/t9-,12-,13-,14+/m0/s1. The van der Waals surface area contributed by atoms with E-state index in [0.29, 0.717) is 6.54 Å². The lowest BCUT2D eigenvalue weighted by Crippen LogP contribution is -2.54. The Balaban J connectivity index is 1.83. The molecule has 7 nitrogen and oxygen atoms in total. The summed E-state index contributed by atoms with van der Waals surface area (Å²) >= 11 is 0. The molecule has 0 radical (unpaired) electrons. The highest BCUT2D eigenvalue weighted by Gasteiger charge is 2.70. The van der Waals surface area contributed by atoms with E-state index in [1.807, 2.05) is 13.8 Å². The molecule has 1 amide bonds. The number of carbonyl (C=O) groups is 2. The van der Waals surface area contributed by atoms with Crippen LogP contribution in [0.15, 0.2) is 12.1 Å². The van der Waals surface area contributed by atoms with E-state index in [2.05, 4.69) is 15.5 Å². The zero-order valence-corrected chi connectivity index (χ0v) is 16.9. The van der Waals surface area contributed by atoms with Crippen LogP contribution in [-0.2, 0) is 15.8 Å². The van der Waals surface area contributed by atoms with Gasteiger partial charge in [-0.05, 0) is 28.9 Å². The van der Waals surface area contributed by atoms with Crippen molar-refractivity contribution < 1.29 is 27.9 Å². The molecule has 29 heavy (non-hydrogen) atoms. The second-order valence-corrected chi connectivity index (χ2v) is 9.47. The normalized spacial score (nSPS) is 26.6. The van der Waals surface area contributed by atoms with Gasteiger partial charge in [0, 0.05) is 12.5 Å². The molecule has 0 spiro atoms. The summed E-state index contributed by atoms with van der Waals surface area (Å²) in [6.07, 6.45) is -4.61. The first-order valence-electron chi connectivity index (χ1n) is 9.36. The zero-order valence-electron chi connectivity index (χ0n) is 16.9. The molecule has 10 heteroatoms. The molecule has 3 rings (SSSR count). The summed E-state index contributed by atoms with van der Waals surface area (Å²) in [6, 6.07) is 0.109. The molecule has 2 aliphatic rings. The van der Waals surface area contributed by atoms with Crippen molar-refractivity contribution in [2.45, 2.75) is 52.9 Å². The van der Waals surface area contributed by atoms with Crippen molar-refractivity contribution in [2.24, 2.45) is 22.7 Å². The maximum atomic E-state index is 13.3. The van der Waals surface area contributed by atoms with Gasteiger partial charge in [0.25, 0.3) is 0 Å². The van der Waals surface area contributed by atoms with Gasteiger partial charge in [-0.2, -0.15) is 13.2 Å². The van der Waals surface area contributed by atoms with Crippen molar-refractivity contribution in [1.29, 1.82) is 0 Å². The predicted molar refractivity (Wildman–Crippen MR) is 97.8 cm³/mol. The Morgan fingerprint density at radius 2 is 1.86 bits per heavy atom. The van der Waals surface area contributed by atoms with E-state index in [1.54, 1.807) is 20.8 Å². The second-order valence-electron chi connectivity index (χ2n) is 9.47. The van der Waals surface area contributed by atoms with Crippen LogP contribution in [0.4, 0.5) is 19.0 Å². The summed E-state index contributed by atoms with van der Waals surface area (Å²) in [5.74, 6) is -1.41. The number of carboxylic acid groups (broad SMARTS) is 1. The minimum atomic E-state index is -4.61. The zero-order chi connectivity index (χ0) is 21.9. The van der Waals surface area contributed by atoms with Crippen molar-refractivity contribution in [1.82, 2.24) is 15.1 Å². The second kappa shape index (κ2) is 6.56. The van der Waals surface area contributed by atoms with Crippen LogP contribution in [0.2, 0.25) is 0 Å². The highest BCUT2D eigenvalue weighted by Crippen LogP contribution is 2.65. The number of halogens is 3. The van der Waals surface area contributed by atoms with Crippen LogP contribution in [0.25, 0.3) is 0 Å². The van der Waals surface area contributed by atoms with Gasteiger partial charge in [0.05, 0.1) is 0 Å². The van der Waals surface area contributed by atoms with Gasteiger partial charge in [-0.3, -0.25) is 4.79 Å². The third-order valence-corrected chi connectivity index (χ3v) is 6.10. The monoisotopic (exact) mass is 414 g/mol. The van der Waals surface area contributed by atoms with E-state index in [0.717, 1.165) is 12.1 Å². The number of aromatic nitrogens is 2. The fourth-order valence-corrected chi connectivity index (χ4v) is 4.32. The molecule has 0 bridgehead atoms. The fourth-order valence-electron chi connectivity index (χ4n) is 4.32. The van der Waals surface area contributed by atoms with E-state index < -0.39 is 41.2 Å². The Labute approximate surface area is 166 Å². The van der Waals surface area contributed by atoms with Crippen LogP contribution in [0.1, 0.15) is 40.3 Å². The third kappa shape index (κ3) is 3.76. The minimum absolute atomic E-state index is 0.0165. The van der Waals surface area contributed by atoms with Gasteiger partial charge in [-0.15, -0.1) is 10.2 Å². The summed E-state index contributed by atoms with van der Waals surface area (Å²) in [6.45, 7) is 9.71. The number of rotatable bonds is 4. The quantitative estimate of drug-likeness (QED) is 0.787. The lowest BCUT2D eigenvalue weighted by Gasteiger charge is -2.37. The van der Waals surface area contributed by atoms with Gasteiger partial charge in [-0.1, -0.05) is 34.6 Å². The van der Waals surface area contributed by atoms with Crippen molar-refractivity contribution >= 4 is 17.7 Å². The first-order chi connectivity index (χ1) is 13.2. The Kier molecular flexibility index (Phi) is 4.83. The number of alkyl halides is 3. The van der Waals surface area contributed by atoms with Gasteiger partial charge in [0.15, 0.2) is 5.69 Å². The van der Waals surface area contributed by atoms with Gasteiger partial charge >= 0.3 is 12.1 Å². The Morgan fingerprint density at radius 3 is 2.31 bits per heavy atom. The number of likely N-dealkylation sites (tertiary alicyclic amines) is 1. The SMILES string of the molecule is CC(C)(C)[C@H](Nc1ccc(C(F)(F)F)nn1)C(=O)N1C[C@H]2[C@@H]([C@H]1C(=O)O)C2(C)C. The highest BCUT2D eigenvalue weighted by molar-refractivity contribution is 5.90. The Hall–Kier alpha value is -2.39. The first-order valence-corrected chi connectivity index (χ1v) is 9.36. The first kappa shape index (κ1) is 21.3. The van der Waals surface area contributed by atoms with Crippen LogP contribution >= 0.6 is 0 Å². The molecule has 4 atom stereocenters. The Morgan fingerprint density at radius 1 is 1.24 bits per heavy atom. The van der Waals surface area contributed by atoms with E-state index >= 15 is 0 Å². The van der Waals surface area contributed by atoms with E-state index in [4.69, 9.17) is 0 Å². The number of nitrogens with zero attached hydrogens (tertiary/aromatic N) is 3. The topological polar surface area (TPSA) is 95.4 Å². The number of anilines is 1. The molecule has 1 aliphatic carbocycles. The van der Waals surface area contributed by atoms with Crippen LogP contribution in [0.3, 0.4) is 0 Å². The van der Waals surface area contributed by atoms with Crippen molar-refractivity contribution in [3.8, 4) is 0 Å².